The number of ether oxygens (including phenoxy) is 3. The molecule has 1 aromatic heterocycles. The van der Waals surface area contributed by atoms with Crippen molar-refractivity contribution in [2.75, 3.05) is 39.3 Å². The summed E-state index contributed by atoms with van der Waals surface area (Å²) >= 11 is 0. The first kappa shape index (κ1) is 20.3. The molecule has 2 rings (SSSR count). The molecule has 1 heterocycles. The van der Waals surface area contributed by atoms with E-state index in [1.54, 1.807) is 43.5 Å². The van der Waals surface area contributed by atoms with Crippen molar-refractivity contribution in [2.24, 2.45) is 0 Å². The summed E-state index contributed by atoms with van der Waals surface area (Å²) in [6.45, 7) is 5.51. The fourth-order valence-electron chi connectivity index (χ4n) is 2.30. The first-order chi connectivity index (χ1) is 13.2. The molecule has 0 spiro atoms. The second-order valence-electron chi connectivity index (χ2n) is 5.67. The smallest absolute Gasteiger partial charge is 0.322 e. The van der Waals surface area contributed by atoms with Gasteiger partial charge in [-0.1, -0.05) is 18.2 Å². The summed E-state index contributed by atoms with van der Waals surface area (Å²) in [6, 6.07) is 10.8. The molecule has 0 bridgehead atoms. The number of nitrogens with zero attached hydrogens (tertiary/aromatic N) is 2. The molecule has 0 radical (unpaired) electrons. The van der Waals surface area contributed by atoms with Gasteiger partial charge in [0.2, 0.25) is 5.88 Å². The number of anilines is 1. The highest BCUT2D eigenvalue weighted by Crippen LogP contribution is 2.15. The maximum Gasteiger partial charge on any atom is 0.322 e. The van der Waals surface area contributed by atoms with E-state index in [9.17, 15) is 4.79 Å². The minimum Gasteiger partial charge on any atom is -0.497 e. The third-order valence-electron chi connectivity index (χ3n) is 3.69. The van der Waals surface area contributed by atoms with Crippen LogP contribution < -0.4 is 14.8 Å². The van der Waals surface area contributed by atoms with Crippen LogP contribution in [0, 0.1) is 0 Å². The molecule has 0 saturated carbocycles. The van der Waals surface area contributed by atoms with Crippen LogP contribution in [0.2, 0.25) is 0 Å². The molecule has 0 aliphatic heterocycles. The number of pyridine rings is 1. The van der Waals surface area contributed by atoms with Gasteiger partial charge in [-0.15, -0.1) is 6.58 Å². The Labute approximate surface area is 159 Å². The zero-order chi connectivity index (χ0) is 19.5. The van der Waals surface area contributed by atoms with Gasteiger partial charge in [0, 0.05) is 26.3 Å². The molecule has 0 atom stereocenters. The van der Waals surface area contributed by atoms with Crippen molar-refractivity contribution < 1.29 is 19.0 Å². The second-order valence-corrected chi connectivity index (χ2v) is 5.67. The van der Waals surface area contributed by atoms with Gasteiger partial charge in [0.25, 0.3) is 0 Å². The average molecular weight is 371 g/mol. The molecule has 7 heteroatoms. The maximum atomic E-state index is 12.6. The Balaban J connectivity index is 1.95. The lowest BCUT2D eigenvalue weighted by Crippen LogP contribution is -2.34. The standard InChI is InChI=1S/C20H25N3O4/c1-4-11-23(15-16-5-8-18(26-3)9-6-16)20(24)22-17-7-10-19(21-14-17)27-13-12-25-2/h4-10,14H,1,11-13,15H2,2-3H3,(H,22,24). The Bertz CT molecular complexity index is 717. The maximum absolute atomic E-state index is 12.6. The molecule has 0 saturated heterocycles. The van der Waals surface area contributed by atoms with E-state index in [4.69, 9.17) is 14.2 Å². The Kier molecular flexibility index (Phi) is 8.12. The summed E-state index contributed by atoms with van der Waals surface area (Å²) in [4.78, 5) is 18.4. The number of urea groups is 1. The number of hydrogen-bond acceptors (Lipinski definition) is 5. The van der Waals surface area contributed by atoms with E-state index in [0.29, 0.717) is 37.9 Å². The van der Waals surface area contributed by atoms with E-state index in [0.717, 1.165) is 11.3 Å². The van der Waals surface area contributed by atoms with E-state index in [-0.39, 0.29) is 6.03 Å². The molecule has 7 nitrogen and oxygen atoms in total. The number of nitrogens with one attached hydrogen (secondary N) is 1. The lowest BCUT2D eigenvalue weighted by molar-refractivity contribution is 0.144. The number of carbonyl (C=O) groups is 1. The molecule has 1 N–H and O–H groups in total. The van der Waals surface area contributed by atoms with Crippen LogP contribution in [0.5, 0.6) is 11.6 Å². The Morgan fingerprint density at radius 3 is 2.56 bits per heavy atom. The molecule has 2 aromatic rings. The van der Waals surface area contributed by atoms with E-state index >= 15 is 0 Å². The summed E-state index contributed by atoms with van der Waals surface area (Å²) in [5, 5.41) is 2.84. The van der Waals surface area contributed by atoms with Crippen molar-refractivity contribution in [3.63, 3.8) is 0 Å². The molecule has 144 valence electrons. The van der Waals surface area contributed by atoms with Gasteiger partial charge >= 0.3 is 6.03 Å². The fraction of sp³-hybridized carbons (Fsp3) is 0.300. The zero-order valence-corrected chi connectivity index (χ0v) is 15.7. The number of hydrogen-bond donors (Lipinski definition) is 1. The van der Waals surface area contributed by atoms with E-state index in [2.05, 4.69) is 16.9 Å². The number of methoxy groups -OCH3 is 2. The monoisotopic (exact) mass is 371 g/mol. The summed E-state index contributed by atoms with van der Waals surface area (Å²) in [5.41, 5.74) is 1.58. The molecule has 2 amide bonds. The molecular formula is C20H25N3O4. The molecule has 0 aliphatic rings. The van der Waals surface area contributed by atoms with Crippen LogP contribution in [0.1, 0.15) is 5.56 Å². The number of aromatic nitrogens is 1. The van der Waals surface area contributed by atoms with Gasteiger partial charge in [-0.2, -0.15) is 0 Å². The normalized spacial score (nSPS) is 10.1. The molecule has 1 aromatic carbocycles. The number of rotatable bonds is 10. The van der Waals surface area contributed by atoms with E-state index in [1.165, 1.54) is 0 Å². The van der Waals surface area contributed by atoms with Crippen LogP contribution in [0.15, 0.2) is 55.3 Å². The van der Waals surface area contributed by atoms with Gasteiger partial charge in [0.15, 0.2) is 0 Å². The van der Waals surface area contributed by atoms with Gasteiger partial charge < -0.3 is 24.4 Å². The number of benzene rings is 1. The summed E-state index contributed by atoms with van der Waals surface area (Å²) < 4.78 is 15.5. The van der Waals surface area contributed by atoms with Crippen LogP contribution in [0.4, 0.5) is 10.5 Å². The summed E-state index contributed by atoms with van der Waals surface area (Å²) in [5.74, 6) is 1.25. The third kappa shape index (κ3) is 6.63. The molecule has 0 aliphatic carbocycles. The van der Waals surface area contributed by atoms with Gasteiger partial charge in [0.05, 0.1) is 25.6 Å². The van der Waals surface area contributed by atoms with Crippen LogP contribution >= 0.6 is 0 Å². The number of carbonyl (C=O) groups excluding carboxylic acids is 1. The lowest BCUT2D eigenvalue weighted by atomic mass is 10.2. The first-order valence-electron chi connectivity index (χ1n) is 8.53. The highest BCUT2D eigenvalue weighted by Gasteiger charge is 2.13. The van der Waals surface area contributed by atoms with Crippen LogP contribution in [-0.4, -0.2) is 49.9 Å². The predicted octanol–water partition coefficient (Wildman–Crippen LogP) is 3.34. The quantitative estimate of drug-likeness (QED) is 0.512. The highest BCUT2D eigenvalue weighted by molar-refractivity contribution is 5.89. The SMILES string of the molecule is C=CCN(Cc1ccc(OC)cc1)C(=O)Nc1ccc(OCCOC)nc1. The van der Waals surface area contributed by atoms with Gasteiger partial charge in [0.1, 0.15) is 12.4 Å². The predicted molar refractivity (Wildman–Crippen MR) is 104 cm³/mol. The van der Waals surface area contributed by atoms with E-state index < -0.39 is 0 Å². The Morgan fingerprint density at radius 1 is 1.19 bits per heavy atom. The summed E-state index contributed by atoms with van der Waals surface area (Å²) in [6.07, 6.45) is 3.24. The lowest BCUT2D eigenvalue weighted by Gasteiger charge is -2.22. The van der Waals surface area contributed by atoms with Crippen molar-refractivity contribution in [3.8, 4) is 11.6 Å². The Hall–Kier alpha value is -3.06. The molecule has 0 fully saturated rings. The fourth-order valence-corrected chi connectivity index (χ4v) is 2.30. The third-order valence-corrected chi connectivity index (χ3v) is 3.69. The Morgan fingerprint density at radius 2 is 1.96 bits per heavy atom. The van der Waals surface area contributed by atoms with E-state index in [1.807, 2.05) is 24.3 Å². The van der Waals surface area contributed by atoms with Gasteiger partial charge in [-0.05, 0) is 23.8 Å². The second kappa shape index (κ2) is 10.8. The average Bonchev–Trinajstić information content (AvgIpc) is 2.69. The van der Waals surface area contributed by atoms with Crippen LogP contribution in [0.25, 0.3) is 0 Å². The molecular weight excluding hydrogens is 346 g/mol. The van der Waals surface area contributed by atoms with Crippen molar-refractivity contribution in [1.29, 1.82) is 0 Å². The minimum absolute atomic E-state index is 0.236. The number of amides is 2. The van der Waals surface area contributed by atoms with Crippen molar-refractivity contribution >= 4 is 11.7 Å². The van der Waals surface area contributed by atoms with Crippen molar-refractivity contribution in [2.45, 2.75) is 6.54 Å². The van der Waals surface area contributed by atoms with Gasteiger partial charge in [-0.3, -0.25) is 0 Å². The topological polar surface area (TPSA) is 72.9 Å². The molecule has 0 unspecified atom stereocenters. The van der Waals surface area contributed by atoms with Crippen molar-refractivity contribution in [3.05, 3.63) is 60.8 Å². The molecule has 27 heavy (non-hydrogen) atoms. The van der Waals surface area contributed by atoms with Gasteiger partial charge in [-0.25, -0.2) is 9.78 Å². The minimum atomic E-state index is -0.236. The van der Waals surface area contributed by atoms with Crippen LogP contribution in [0.3, 0.4) is 0 Å². The largest absolute Gasteiger partial charge is 0.497 e. The zero-order valence-electron chi connectivity index (χ0n) is 15.7. The van der Waals surface area contributed by atoms with Crippen LogP contribution in [-0.2, 0) is 11.3 Å². The first-order valence-corrected chi connectivity index (χ1v) is 8.53. The highest BCUT2D eigenvalue weighted by atomic mass is 16.5. The van der Waals surface area contributed by atoms with Crippen molar-refractivity contribution in [1.82, 2.24) is 9.88 Å². The summed E-state index contributed by atoms with van der Waals surface area (Å²) in [7, 11) is 3.23.